The molecule has 0 bridgehead atoms. The zero-order valence-electron chi connectivity index (χ0n) is 40.0. The first-order valence-corrected chi connectivity index (χ1v) is 26.0. The maximum Gasteiger partial charge on any atom is 0.306 e. The highest BCUT2D eigenvalue weighted by Crippen LogP contribution is 2.16. The number of carbonyl (C=O) groups is 3. The highest BCUT2D eigenvalue weighted by Gasteiger charge is 2.19. The van der Waals surface area contributed by atoms with Crippen LogP contribution in [0.1, 0.15) is 271 Å². The van der Waals surface area contributed by atoms with Gasteiger partial charge < -0.3 is 14.2 Å². The second-order valence-corrected chi connectivity index (χ2v) is 17.4. The second-order valence-electron chi connectivity index (χ2n) is 17.4. The van der Waals surface area contributed by atoms with E-state index >= 15 is 0 Å². The van der Waals surface area contributed by atoms with Crippen LogP contribution in [0.2, 0.25) is 0 Å². The van der Waals surface area contributed by atoms with Crippen LogP contribution in [0.15, 0.2) is 36.5 Å². The Morgan fingerprint density at radius 2 is 0.650 bits per heavy atom. The molecule has 0 rings (SSSR count). The van der Waals surface area contributed by atoms with E-state index < -0.39 is 6.10 Å². The van der Waals surface area contributed by atoms with Gasteiger partial charge in [0.15, 0.2) is 6.10 Å². The van der Waals surface area contributed by atoms with E-state index in [0.29, 0.717) is 19.3 Å². The van der Waals surface area contributed by atoms with Crippen molar-refractivity contribution in [3.8, 4) is 0 Å². The molecule has 350 valence electrons. The third-order valence-electron chi connectivity index (χ3n) is 11.4. The molecule has 0 aliphatic heterocycles. The largest absolute Gasteiger partial charge is 0.462 e. The minimum absolute atomic E-state index is 0.0798. The number of rotatable bonds is 47. The molecule has 0 N–H and O–H groups in total. The Morgan fingerprint density at radius 1 is 0.350 bits per heavy atom. The lowest BCUT2D eigenvalue weighted by Gasteiger charge is -2.18. The summed E-state index contributed by atoms with van der Waals surface area (Å²) in [6.45, 7) is 6.52. The molecule has 1 atom stereocenters. The summed E-state index contributed by atoms with van der Waals surface area (Å²) in [5, 5.41) is 0. The molecule has 0 amide bonds. The van der Waals surface area contributed by atoms with Crippen molar-refractivity contribution < 1.29 is 28.6 Å². The van der Waals surface area contributed by atoms with Gasteiger partial charge in [-0.1, -0.05) is 237 Å². The fourth-order valence-electron chi connectivity index (χ4n) is 7.52. The van der Waals surface area contributed by atoms with Gasteiger partial charge in [0.2, 0.25) is 0 Å². The van der Waals surface area contributed by atoms with Crippen molar-refractivity contribution in [2.75, 3.05) is 13.2 Å². The van der Waals surface area contributed by atoms with Gasteiger partial charge in [0, 0.05) is 19.3 Å². The molecule has 0 fully saturated rings. The lowest BCUT2D eigenvalue weighted by atomic mass is 10.0. The molecule has 1 unspecified atom stereocenters. The third-order valence-corrected chi connectivity index (χ3v) is 11.4. The van der Waals surface area contributed by atoms with Crippen molar-refractivity contribution in [3.05, 3.63) is 36.5 Å². The summed E-state index contributed by atoms with van der Waals surface area (Å²) in [6.07, 6.45) is 57.0. The van der Waals surface area contributed by atoms with Gasteiger partial charge in [0.05, 0.1) is 0 Å². The predicted molar refractivity (Wildman–Crippen MR) is 256 cm³/mol. The zero-order valence-corrected chi connectivity index (χ0v) is 40.0. The highest BCUT2D eigenvalue weighted by molar-refractivity contribution is 5.71. The van der Waals surface area contributed by atoms with Crippen LogP contribution in [0.4, 0.5) is 0 Å². The van der Waals surface area contributed by atoms with E-state index in [2.05, 4.69) is 57.2 Å². The Balaban J connectivity index is 4.37. The van der Waals surface area contributed by atoms with Gasteiger partial charge in [-0.3, -0.25) is 14.4 Å². The van der Waals surface area contributed by atoms with Gasteiger partial charge in [-0.2, -0.15) is 0 Å². The Hall–Kier alpha value is -2.37. The molecule has 0 aliphatic rings. The van der Waals surface area contributed by atoms with Gasteiger partial charge in [-0.05, 0) is 51.4 Å². The third kappa shape index (κ3) is 46.7. The average Bonchev–Trinajstić information content (AvgIpc) is 3.24. The molecule has 60 heavy (non-hydrogen) atoms. The number of hydrogen-bond acceptors (Lipinski definition) is 6. The summed E-state index contributed by atoms with van der Waals surface area (Å²) in [5.74, 6) is -0.908. The van der Waals surface area contributed by atoms with Gasteiger partial charge in [0.25, 0.3) is 0 Å². The van der Waals surface area contributed by atoms with Crippen LogP contribution in [0.25, 0.3) is 0 Å². The number of ether oxygens (including phenoxy) is 3. The summed E-state index contributed by atoms with van der Waals surface area (Å²) < 4.78 is 16.8. The maximum atomic E-state index is 12.8. The first-order chi connectivity index (χ1) is 29.5. The Labute approximate surface area is 372 Å². The molecule has 0 radical (unpaired) electrons. The number of esters is 3. The molecular formula is C54H98O6. The molecule has 0 aromatic carbocycles. The number of allylic oxidation sites excluding steroid dienone is 6. The molecular weight excluding hydrogens is 745 g/mol. The van der Waals surface area contributed by atoms with Crippen molar-refractivity contribution >= 4 is 17.9 Å². The van der Waals surface area contributed by atoms with E-state index in [9.17, 15) is 14.4 Å². The van der Waals surface area contributed by atoms with Crippen LogP contribution in [0.5, 0.6) is 0 Å². The second kappa shape index (κ2) is 49.3. The summed E-state index contributed by atoms with van der Waals surface area (Å²) in [7, 11) is 0. The molecule has 6 nitrogen and oxygen atoms in total. The summed E-state index contributed by atoms with van der Waals surface area (Å²) in [4.78, 5) is 37.9. The Morgan fingerprint density at radius 3 is 1.02 bits per heavy atom. The van der Waals surface area contributed by atoms with E-state index in [1.54, 1.807) is 0 Å². The first-order valence-electron chi connectivity index (χ1n) is 26.0. The number of unbranched alkanes of at least 4 members (excludes halogenated alkanes) is 30. The molecule has 0 aromatic rings. The summed E-state index contributed by atoms with van der Waals surface area (Å²) in [6, 6.07) is 0. The minimum atomic E-state index is -0.781. The monoisotopic (exact) mass is 843 g/mol. The topological polar surface area (TPSA) is 78.9 Å². The van der Waals surface area contributed by atoms with Crippen LogP contribution in [-0.2, 0) is 28.6 Å². The summed E-state index contributed by atoms with van der Waals surface area (Å²) in [5.41, 5.74) is 0. The van der Waals surface area contributed by atoms with Gasteiger partial charge in [0.1, 0.15) is 13.2 Å². The van der Waals surface area contributed by atoms with E-state index in [1.165, 1.54) is 154 Å². The highest BCUT2D eigenvalue weighted by atomic mass is 16.6. The molecule has 0 aliphatic carbocycles. The number of carbonyl (C=O) groups excluding carboxylic acids is 3. The Bertz CT molecular complexity index is 1020. The maximum absolute atomic E-state index is 12.8. The van der Waals surface area contributed by atoms with E-state index in [0.717, 1.165) is 77.0 Å². The van der Waals surface area contributed by atoms with Crippen molar-refractivity contribution in [3.63, 3.8) is 0 Å². The minimum Gasteiger partial charge on any atom is -0.462 e. The van der Waals surface area contributed by atoms with Crippen LogP contribution >= 0.6 is 0 Å². The fraction of sp³-hybridized carbons (Fsp3) is 0.833. The van der Waals surface area contributed by atoms with Crippen LogP contribution in [0, 0.1) is 0 Å². The van der Waals surface area contributed by atoms with Gasteiger partial charge in [-0.25, -0.2) is 0 Å². The number of hydrogen-bond donors (Lipinski definition) is 0. The average molecular weight is 843 g/mol. The van der Waals surface area contributed by atoms with Crippen LogP contribution in [-0.4, -0.2) is 37.2 Å². The van der Waals surface area contributed by atoms with Crippen LogP contribution in [0.3, 0.4) is 0 Å². The molecule has 0 heterocycles. The lowest BCUT2D eigenvalue weighted by molar-refractivity contribution is -0.167. The van der Waals surface area contributed by atoms with Gasteiger partial charge >= 0.3 is 17.9 Å². The fourth-order valence-corrected chi connectivity index (χ4v) is 7.52. The van der Waals surface area contributed by atoms with Crippen molar-refractivity contribution in [1.29, 1.82) is 0 Å². The SMILES string of the molecule is CC/C=C\C/C=C\C/C=C\CCCCC(=O)OCC(COC(=O)CCCCCCCCCCCCCCCCC)OC(=O)CCCCCCCCCCCCCCCCC. The molecule has 0 aromatic heterocycles. The molecule has 0 saturated carbocycles. The Kier molecular flexibility index (Phi) is 47.3. The standard InChI is InChI=1S/C54H98O6/c1-4-7-10-13-16-19-22-25-27-29-32-35-38-41-44-47-53(56)59-50-51(49-58-52(55)46-43-40-37-34-31-24-21-18-15-12-9-6-3)60-54(57)48-45-42-39-36-33-30-28-26-23-20-17-14-11-8-5-2/h9,12,18,21,31,34,51H,4-8,10-11,13-17,19-20,22-30,32-33,35-50H2,1-3H3/b12-9-,21-18-,34-31-. The zero-order chi connectivity index (χ0) is 43.7. The lowest BCUT2D eigenvalue weighted by Crippen LogP contribution is -2.30. The molecule has 6 heteroatoms. The smallest absolute Gasteiger partial charge is 0.306 e. The van der Waals surface area contributed by atoms with Crippen molar-refractivity contribution in [2.45, 2.75) is 277 Å². The van der Waals surface area contributed by atoms with E-state index in [4.69, 9.17) is 14.2 Å². The normalized spacial score (nSPS) is 12.2. The first kappa shape index (κ1) is 57.6. The predicted octanol–water partition coefficient (Wildman–Crippen LogP) is 16.9. The van der Waals surface area contributed by atoms with Crippen molar-refractivity contribution in [1.82, 2.24) is 0 Å². The van der Waals surface area contributed by atoms with Crippen molar-refractivity contribution in [2.24, 2.45) is 0 Å². The molecule has 0 saturated heterocycles. The summed E-state index contributed by atoms with van der Waals surface area (Å²) >= 11 is 0. The van der Waals surface area contributed by atoms with E-state index in [-0.39, 0.29) is 31.1 Å². The van der Waals surface area contributed by atoms with E-state index in [1.807, 2.05) is 0 Å². The van der Waals surface area contributed by atoms with Gasteiger partial charge in [-0.15, -0.1) is 0 Å². The quantitative estimate of drug-likeness (QED) is 0.0263. The molecule has 0 spiro atoms. The van der Waals surface area contributed by atoms with Crippen LogP contribution < -0.4 is 0 Å².